The van der Waals surface area contributed by atoms with Gasteiger partial charge in [0, 0.05) is 12.6 Å². The molecule has 2 rings (SSSR count). The molecule has 1 N–H and O–H groups in total. The largest absolute Gasteiger partial charge is 0.480 e. The van der Waals surface area contributed by atoms with Gasteiger partial charge in [0.25, 0.3) is 11.5 Å². The van der Waals surface area contributed by atoms with Gasteiger partial charge >= 0.3 is 5.97 Å². The lowest BCUT2D eigenvalue weighted by atomic mass is 10.2. The second kappa shape index (κ2) is 7.69. The molecule has 0 aliphatic rings. The Balaban J connectivity index is 2.39. The summed E-state index contributed by atoms with van der Waals surface area (Å²) in [5.41, 5.74) is -0.252. The van der Waals surface area contributed by atoms with Crippen LogP contribution in [0, 0.1) is 11.7 Å². The summed E-state index contributed by atoms with van der Waals surface area (Å²) >= 11 is 0. The number of aliphatic carboxylic acids is 1. The van der Waals surface area contributed by atoms with E-state index in [1.807, 2.05) is 13.8 Å². The van der Waals surface area contributed by atoms with E-state index in [-0.39, 0.29) is 18.2 Å². The average Bonchev–Trinajstić information content (AvgIpc) is 2.54. The number of aromatic nitrogens is 2. The number of hydrogen-bond acceptors (Lipinski definition) is 4. The Bertz CT molecular complexity index is 831. The number of halogens is 1. The summed E-state index contributed by atoms with van der Waals surface area (Å²) in [5.74, 6) is -2.13. The summed E-state index contributed by atoms with van der Waals surface area (Å²) in [6.45, 7) is 3.49. The maximum Gasteiger partial charge on any atom is 0.323 e. The third kappa shape index (κ3) is 4.72. The van der Waals surface area contributed by atoms with E-state index in [1.54, 1.807) is 0 Å². The van der Waals surface area contributed by atoms with Crippen LogP contribution in [0.2, 0.25) is 0 Å². The van der Waals surface area contributed by atoms with E-state index < -0.39 is 29.8 Å². The molecular formula is C17H18FN3O4. The molecule has 8 heteroatoms. The molecule has 0 unspecified atom stereocenters. The van der Waals surface area contributed by atoms with Gasteiger partial charge < -0.3 is 10.0 Å². The van der Waals surface area contributed by atoms with Crippen molar-refractivity contribution in [1.82, 2.24) is 14.7 Å². The van der Waals surface area contributed by atoms with Gasteiger partial charge in [0.15, 0.2) is 0 Å². The van der Waals surface area contributed by atoms with Crippen LogP contribution in [0.5, 0.6) is 0 Å². The number of hydrogen-bond donors (Lipinski definition) is 1. The molecule has 25 heavy (non-hydrogen) atoms. The van der Waals surface area contributed by atoms with Crippen LogP contribution in [-0.2, 0) is 4.79 Å². The molecule has 0 fully saturated rings. The van der Waals surface area contributed by atoms with Crippen molar-refractivity contribution in [3.63, 3.8) is 0 Å². The fourth-order valence-electron chi connectivity index (χ4n) is 2.28. The molecule has 0 saturated carbocycles. The van der Waals surface area contributed by atoms with Crippen LogP contribution >= 0.6 is 0 Å². The Morgan fingerprint density at radius 3 is 2.40 bits per heavy atom. The van der Waals surface area contributed by atoms with Crippen LogP contribution in [-0.4, -0.2) is 44.8 Å². The fraction of sp³-hybridized carbons (Fsp3) is 0.294. The lowest BCUT2D eigenvalue weighted by molar-refractivity contribution is -0.137. The van der Waals surface area contributed by atoms with E-state index >= 15 is 0 Å². The molecule has 0 spiro atoms. The second-order valence-corrected chi connectivity index (χ2v) is 5.92. The SMILES string of the molecule is CC(C)CN(CC(=O)O)C(=O)c1ccc(=O)n(-c2ccc(F)cc2)n1. The average molecular weight is 347 g/mol. The lowest BCUT2D eigenvalue weighted by Gasteiger charge is -2.22. The van der Waals surface area contributed by atoms with E-state index in [9.17, 15) is 18.8 Å². The summed E-state index contributed by atoms with van der Waals surface area (Å²) in [4.78, 5) is 36.7. The molecular weight excluding hydrogens is 329 g/mol. The normalized spacial score (nSPS) is 10.7. The zero-order valence-electron chi connectivity index (χ0n) is 13.8. The molecule has 0 saturated heterocycles. The molecule has 132 valence electrons. The molecule has 7 nitrogen and oxygen atoms in total. The van der Waals surface area contributed by atoms with Crippen LogP contribution in [0.15, 0.2) is 41.2 Å². The Hall–Kier alpha value is -3.03. The van der Waals surface area contributed by atoms with Gasteiger partial charge in [0.2, 0.25) is 0 Å². The molecule has 1 aromatic heterocycles. The number of nitrogens with zero attached hydrogens (tertiary/aromatic N) is 3. The van der Waals surface area contributed by atoms with Gasteiger partial charge in [-0.25, -0.2) is 4.39 Å². The van der Waals surface area contributed by atoms with Gasteiger partial charge in [0.05, 0.1) is 5.69 Å². The molecule has 0 atom stereocenters. The first-order valence-corrected chi connectivity index (χ1v) is 7.65. The molecule has 0 radical (unpaired) electrons. The standard InChI is InChI=1S/C17H18FN3O4/c1-11(2)9-20(10-16(23)24)17(25)14-7-8-15(22)21(19-14)13-5-3-12(18)4-6-13/h3-8,11H,9-10H2,1-2H3,(H,23,24). The highest BCUT2D eigenvalue weighted by molar-refractivity contribution is 5.94. The van der Waals surface area contributed by atoms with Gasteiger partial charge in [-0.1, -0.05) is 13.8 Å². The summed E-state index contributed by atoms with van der Waals surface area (Å²) < 4.78 is 14.0. The summed E-state index contributed by atoms with van der Waals surface area (Å²) in [6.07, 6.45) is 0. The van der Waals surface area contributed by atoms with Crippen LogP contribution in [0.1, 0.15) is 24.3 Å². The number of carbonyl (C=O) groups is 2. The zero-order valence-corrected chi connectivity index (χ0v) is 13.8. The summed E-state index contributed by atoms with van der Waals surface area (Å²) in [5, 5.41) is 13.0. The molecule has 2 aromatic rings. The van der Waals surface area contributed by atoms with Gasteiger partial charge in [-0.3, -0.25) is 14.4 Å². The van der Waals surface area contributed by atoms with Crippen molar-refractivity contribution in [3.05, 3.63) is 58.3 Å². The molecule has 0 bridgehead atoms. The van der Waals surface area contributed by atoms with E-state index in [0.717, 1.165) is 15.6 Å². The first kappa shape index (κ1) is 18.3. The highest BCUT2D eigenvalue weighted by Crippen LogP contribution is 2.08. The van der Waals surface area contributed by atoms with Crippen molar-refractivity contribution < 1.29 is 19.1 Å². The van der Waals surface area contributed by atoms with E-state index in [0.29, 0.717) is 5.69 Å². The predicted molar refractivity (Wildman–Crippen MR) is 88.2 cm³/mol. The number of amides is 1. The van der Waals surface area contributed by atoms with Gasteiger partial charge in [-0.05, 0) is 36.2 Å². The number of rotatable bonds is 6. The topological polar surface area (TPSA) is 92.5 Å². The highest BCUT2D eigenvalue weighted by atomic mass is 19.1. The van der Waals surface area contributed by atoms with Gasteiger partial charge in [-0.2, -0.15) is 9.78 Å². The van der Waals surface area contributed by atoms with Crippen molar-refractivity contribution in [3.8, 4) is 5.69 Å². The Morgan fingerprint density at radius 1 is 1.20 bits per heavy atom. The minimum atomic E-state index is -1.14. The molecule has 1 heterocycles. The zero-order chi connectivity index (χ0) is 18.6. The first-order chi connectivity index (χ1) is 11.8. The Labute approximate surface area is 143 Å². The maximum absolute atomic E-state index is 13.0. The molecule has 0 aliphatic heterocycles. The molecule has 1 aromatic carbocycles. The Morgan fingerprint density at radius 2 is 1.84 bits per heavy atom. The minimum Gasteiger partial charge on any atom is -0.480 e. The van der Waals surface area contributed by atoms with Crippen molar-refractivity contribution in [1.29, 1.82) is 0 Å². The fourth-order valence-corrected chi connectivity index (χ4v) is 2.28. The lowest BCUT2D eigenvalue weighted by Crippen LogP contribution is -2.39. The maximum atomic E-state index is 13.0. The quantitative estimate of drug-likeness (QED) is 0.856. The highest BCUT2D eigenvalue weighted by Gasteiger charge is 2.21. The summed E-state index contributed by atoms with van der Waals surface area (Å²) in [7, 11) is 0. The summed E-state index contributed by atoms with van der Waals surface area (Å²) in [6, 6.07) is 7.49. The van der Waals surface area contributed by atoms with Crippen LogP contribution in [0.3, 0.4) is 0 Å². The smallest absolute Gasteiger partial charge is 0.323 e. The number of carbonyl (C=O) groups excluding carboxylic acids is 1. The second-order valence-electron chi connectivity index (χ2n) is 5.92. The van der Waals surface area contributed by atoms with Crippen molar-refractivity contribution >= 4 is 11.9 Å². The Kier molecular flexibility index (Phi) is 5.63. The number of carboxylic acid groups (broad SMARTS) is 1. The molecule has 1 amide bonds. The predicted octanol–water partition coefficient (Wildman–Crippen LogP) is 1.55. The minimum absolute atomic E-state index is 0.0614. The third-order valence-corrected chi connectivity index (χ3v) is 3.29. The molecule has 0 aliphatic carbocycles. The third-order valence-electron chi connectivity index (χ3n) is 3.29. The van der Waals surface area contributed by atoms with Crippen LogP contribution in [0.4, 0.5) is 4.39 Å². The van der Waals surface area contributed by atoms with Crippen LogP contribution < -0.4 is 5.56 Å². The van der Waals surface area contributed by atoms with E-state index in [4.69, 9.17) is 5.11 Å². The van der Waals surface area contributed by atoms with E-state index in [2.05, 4.69) is 5.10 Å². The van der Waals surface area contributed by atoms with E-state index in [1.165, 1.54) is 30.3 Å². The van der Waals surface area contributed by atoms with Crippen molar-refractivity contribution in [2.75, 3.05) is 13.1 Å². The number of benzene rings is 1. The van der Waals surface area contributed by atoms with Crippen molar-refractivity contribution in [2.45, 2.75) is 13.8 Å². The van der Waals surface area contributed by atoms with Crippen molar-refractivity contribution in [2.24, 2.45) is 5.92 Å². The number of carboxylic acids is 1. The van der Waals surface area contributed by atoms with Crippen LogP contribution in [0.25, 0.3) is 5.69 Å². The van der Waals surface area contributed by atoms with Gasteiger partial charge in [0.1, 0.15) is 18.1 Å². The van der Waals surface area contributed by atoms with Gasteiger partial charge in [-0.15, -0.1) is 0 Å². The first-order valence-electron chi connectivity index (χ1n) is 7.65. The monoisotopic (exact) mass is 347 g/mol.